The third-order valence-electron chi connectivity index (χ3n) is 10.1. The molecule has 0 aliphatic heterocycles. The molecular weight excluding hydrogens is 639 g/mol. The number of fused-ring (bicyclic) bond motifs is 1. The molecule has 250 valence electrons. The highest BCUT2D eigenvalue weighted by atomic mass is 15.1. The van der Waals surface area contributed by atoms with Gasteiger partial charge in [-0.05, 0) is 103 Å². The van der Waals surface area contributed by atoms with Crippen molar-refractivity contribution in [2.75, 3.05) is 4.90 Å². The first-order valence-corrected chi connectivity index (χ1v) is 18.2. The highest BCUT2D eigenvalue weighted by Crippen LogP contribution is 2.42. The second-order valence-electron chi connectivity index (χ2n) is 13.4. The number of anilines is 3. The largest absolute Gasteiger partial charge is 0.310 e. The fraction of sp³-hybridized carbons (Fsp3) is 0. The SMILES string of the molecule is c1ccc(-c2cccc(-c3cccc(N(c4ccc(-c5cccc(-c6cccc7ccccc67)c5)cc4)c4ccccc4-c4ccccc4)c3)c2)cc1. The van der Waals surface area contributed by atoms with Gasteiger partial charge in [-0.25, -0.2) is 0 Å². The van der Waals surface area contributed by atoms with Crippen LogP contribution in [0, 0.1) is 0 Å². The van der Waals surface area contributed by atoms with Crippen LogP contribution in [0.3, 0.4) is 0 Å². The molecule has 1 nitrogen and oxygen atoms in total. The van der Waals surface area contributed by atoms with Gasteiger partial charge in [-0.1, -0.05) is 182 Å². The average molecular weight is 676 g/mol. The summed E-state index contributed by atoms with van der Waals surface area (Å²) >= 11 is 0. The van der Waals surface area contributed by atoms with Crippen molar-refractivity contribution < 1.29 is 0 Å². The fourth-order valence-corrected chi connectivity index (χ4v) is 7.44. The molecule has 0 heterocycles. The van der Waals surface area contributed by atoms with E-state index in [0.717, 1.165) is 17.1 Å². The Hall–Kier alpha value is -6.96. The average Bonchev–Trinajstić information content (AvgIpc) is 3.25. The second kappa shape index (κ2) is 14.3. The maximum Gasteiger partial charge on any atom is 0.0540 e. The van der Waals surface area contributed by atoms with Crippen LogP contribution in [0.25, 0.3) is 66.4 Å². The minimum atomic E-state index is 1.09. The first-order valence-electron chi connectivity index (χ1n) is 18.2. The Morgan fingerprint density at radius 2 is 0.717 bits per heavy atom. The molecular formula is C52H37N. The van der Waals surface area contributed by atoms with Crippen molar-refractivity contribution >= 4 is 27.8 Å². The lowest BCUT2D eigenvalue weighted by Crippen LogP contribution is -2.11. The van der Waals surface area contributed by atoms with E-state index in [4.69, 9.17) is 0 Å². The minimum absolute atomic E-state index is 1.09. The van der Waals surface area contributed by atoms with Gasteiger partial charge in [-0.15, -0.1) is 0 Å². The third-order valence-corrected chi connectivity index (χ3v) is 10.1. The van der Waals surface area contributed by atoms with Gasteiger partial charge in [0, 0.05) is 16.9 Å². The maximum atomic E-state index is 2.39. The predicted molar refractivity (Wildman–Crippen MR) is 226 cm³/mol. The quantitative estimate of drug-likeness (QED) is 0.155. The maximum absolute atomic E-state index is 2.39. The summed E-state index contributed by atoms with van der Waals surface area (Å²) in [6.07, 6.45) is 0. The van der Waals surface area contributed by atoms with E-state index < -0.39 is 0 Å². The molecule has 0 fully saturated rings. The van der Waals surface area contributed by atoms with Gasteiger partial charge in [0.15, 0.2) is 0 Å². The number of para-hydroxylation sites is 1. The van der Waals surface area contributed by atoms with Gasteiger partial charge < -0.3 is 4.90 Å². The molecule has 0 N–H and O–H groups in total. The van der Waals surface area contributed by atoms with Crippen molar-refractivity contribution in [3.8, 4) is 55.6 Å². The number of rotatable bonds is 8. The Kier molecular flexibility index (Phi) is 8.66. The summed E-state index contributed by atoms with van der Waals surface area (Å²) in [5.74, 6) is 0. The van der Waals surface area contributed by atoms with Crippen LogP contribution in [0.5, 0.6) is 0 Å². The summed E-state index contributed by atoms with van der Waals surface area (Å²) in [6, 6.07) is 80.8. The van der Waals surface area contributed by atoms with Crippen LogP contribution in [-0.2, 0) is 0 Å². The van der Waals surface area contributed by atoms with Gasteiger partial charge in [0.25, 0.3) is 0 Å². The van der Waals surface area contributed by atoms with E-state index in [0.29, 0.717) is 0 Å². The van der Waals surface area contributed by atoms with E-state index in [2.05, 4.69) is 229 Å². The first kappa shape index (κ1) is 32.0. The number of nitrogens with zero attached hydrogens (tertiary/aromatic N) is 1. The lowest BCUT2D eigenvalue weighted by molar-refractivity contribution is 1.28. The molecule has 9 rings (SSSR count). The number of hydrogen-bond acceptors (Lipinski definition) is 1. The summed E-state index contributed by atoms with van der Waals surface area (Å²) < 4.78 is 0. The Bertz CT molecular complexity index is 2650. The highest BCUT2D eigenvalue weighted by molar-refractivity contribution is 5.97. The van der Waals surface area contributed by atoms with Gasteiger partial charge in [0.1, 0.15) is 0 Å². The number of hydrogen-bond donors (Lipinski definition) is 0. The summed E-state index contributed by atoms with van der Waals surface area (Å²) in [6.45, 7) is 0. The Balaban J connectivity index is 1.13. The standard InChI is InChI=1S/C52H37N/c1-3-15-38(16-4-1)42-21-11-23-44(35-42)45-24-13-26-48(37-45)53(52-30-10-9-28-51(52)41-17-5-2-6-18-41)47-33-31-39(32-34-47)43-22-12-25-46(36-43)50-29-14-20-40-19-7-8-27-49(40)50/h1-37H. The smallest absolute Gasteiger partial charge is 0.0540 e. The number of benzene rings is 9. The van der Waals surface area contributed by atoms with Crippen LogP contribution in [0.1, 0.15) is 0 Å². The Labute approximate surface area is 311 Å². The van der Waals surface area contributed by atoms with Crippen LogP contribution in [0.4, 0.5) is 17.1 Å². The van der Waals surface area contributed by atoms with Crippen LogP contribution in [0.15, 0.2) is 224 Å². The lowest BCUT2D eigenvalue weighted by Gasteiger charge is -2.28. The molecule has 0 spiro atoms. The molecule has 0 radical (unpaired) electrons. The molecule has 0 aromatic heterocycles. The zero-order valence-corrected chi connectivity index (χ0v) is 29.3. The Morgan fingerprint density at radius 3 is 1.47 bits per heavy atom. The van der Waals surface area contributed by atoms with Crippen molar-refractivity contribution in [2.45, 2.75) is 0 Å². The van der Waals surface area contributed by atoms with Crippen molar-refractivity contribution in [1.29, 1.82) is 0 Å². The summed E-state index contributed by atoms with van der Waals surface area (Å²) in [4.78, 5) is 2.39. The van der Waals surface area contributed by atoms with Gasteiger partial charge in [-0.2, -0.15) is 0 Å². The van der Waals surface area contributed by atoms with Crippen molar-refractivity contribution in [3.63, 3.8) is 0 Å². The summed E-state index contributed by atoms with van der Waals surface area (Å²) in [5.41, 5.74) is 15.3. The van der Waals surface area contributed by atoms with Crippen LogP contribution >= 0.6 is 0 Å². The second-order valence-corrected chi connectivity index (χ2v) is 13.4. The van der Waals surface area contributed by atoms with Crippen LogP contribution in [0.2, 0.25) is 0 Å². The first-order chi connectivity index (χ1) is 26.3. The molecule has 0 bridgehead atoms. The summed E-state index contributed by atoms with van der Waals surface area (Å²) in [7, 11) is 0. The molecule has 9 aromatic rings. The molecule has 1 heteroatoms. The van der Waals surface area contributed by atoms with E-state index in [1.54, 1.807) is 0 Å². The van der Waals surface area contributed by atoms with E-state index in [9.17, 15) is 0 Å². The van der Waals surface area contributed by atoms with E-state index in [1.807, 2.05) is 0 Å². The molecule has 0 aliphatic rings. The lowest BCUT2D eigenvalue weighted by atomic mass is 9.95. The van der Waals surface area contributed by atoms with Crippen molar-refractivity contribution in [2.24, 2.45) is 0 Å². The van der Waals surface area contributed by atoms with E-state index in [-0.39, 0.29) is 0 Å². The zero-order valence-electron chi connectivity index (χ0n) is 29.3. The summed E-state index contributed by atoms with van der Waals surface area (Å²) in [5, 5.41) is 2.52. The van der Waals surface area contributed by atoms with Crippen LogP contribution < -0.4 is 4.90 Å². The van der Waals surface area contributed by atoms with Gasteiger partial charge in [-0.3, -0.25) is 0 Å². The molecule has 9 aromatic carbocycles. The van der Waals surface area contributed by atoms with Gasteiger partial charge >= 0.3 is 0 Å². The zero-order chi connectivity index (χ0) is 35.4. The topological polar surface area (TPSA) is 3.24 Å². The van der Waals surface area contributed by atoms with E-state index in [1.165, 1.54) is 66.4 Å². The van der Waals surface area contributed by atoms with E-state index >= 15 is 0 Å². The molecule has 0 aliphatic carbocycles. The molecule has 0 unspecified atom stereocenters. The predicted octanol–water partition coefficient (Wildman–Crippen LogP) is 14.6. The van der Waals surface area contributed by atoms with Crippen molar-refractivity contribution in [1.82, 2.24) is 0 Å². The molecule has 0 amide bonds. The Morgan fingerprint density at radius 1 is 0.245 bits per heavy atom. The molecule has 53 heavy (non-hydrogen) atoms. The molecule has 0 saturated heterocycles. The minimum Gasteiger partial charge on any atom is -0.310 e. The third kappa shape index (κ3) is 6.53. The molecule has 0 saturated carbocycles. The fourth-order valence-electron chi connectivity index (χ4n) is 7.44. The highest BCUT2D eigenvalue weighted by Gasteiger charge is 2.18. The van der Waals surface area contributed by atoms with Gasteiger partial charge in [0.05, 0.1) is 5.69 Å². The van der Waals surface area contributed by atoms with Crippen molar-refractivity contribution in [3.05, 3.63) is 224 Å². The monoisotopic (exact) mass is 675 g/mol. The van der Waals surface area contributed by atoms with Crippen LogP contribution in [-0.4, -0.2) is 0 Å². The van der Waals surface area contributed by atoms with Gasteiger partial charge in [0.2, 0.25) is 0 Å². The normalized spacial score (nSPS) is 11.0. The molecule has 0 atom stereocenters.